The summed E-state index contributed by atoms with van der Waals surface area (Å²) in [6.45, 7) is 5.94. The molecule has 0 amide bonds. The van der Waals surface area contributed by atoms with Crippen molar-refractivity contribution in [1.29, 1.82) is 0 Å². The first-order valence-electron chi connectivity index (χ1n) is 4.91. The lowest BCUT2D eigenvalue weighted by Crippen LogP contribution is -2.07. The van der Waals surface area contributed by atoms with E-state index in [2.05, 4.69) is 6.07 Å². The van der Waals surface area contributed by atoms with Crippen LogP contribution in [0.4, 0.5) is 0 Å². The van der Waals surface area contributed by atoms with Crippen LogP contribution in [-0.4, -0.2) is 5.97 Å². The summed E-state index contributed by atoms with van der Waals surface area (Å²) in [7, 11) is 0. The van der Waals surface area contributed by atoms with Crippen molar-refractivity contribution in [3.63, 3.8) is 0 Å². The van der Waals surface area contributed by atoms with Crippen LogP contribution in [-0.2, 0) is 4.79 Å². The summed E-state index contributed by atoms with van der Waals surface area (Å²) in [5.41, 5.74) is 2.23. The molecule has 0 aliphatic heterocycles. The van der Waals surface area contributed by atoms with Crippen molar-refractivity contribution in [1.82, 2.24) is 0 Å². The SMILES string of the molecule is CCCC(=O)Oc1cc(C)cc(C)c1. The van der Waals surface area contributed by atoms with Crippen molar-refractivity contribution in [2.75, 3.05) is 0 Å². The number of aryl methyl sites for hydroxylation is 2. The van der Waals surface area contributed by atoms with Crippen molar-refractivity contribution in [3.8, 4) is 5.75 Å². The van der Waals surface area contributed by atoms with E-state index >= 15 is 0 Å². The fraction of sp³-hybridized carbons (Fsp3) is 0.417. The fourth-order valence-corrected chi connectivity index (χ4v) is 1.38. The molecule has 0 aromatic heterocycles. The molecule has 0 fully saturated rings. The molecule has 2 heteroatoms. The smallest absolute Gasteiger partial charge is 0.311 e. The average molecular weight is 192 g/mol. The molecular weight excluding hydrogens is 176 g/mol. The zero-order valence-corrected chi connectivity index (χ0v) is 8.96. The molecule has 0 unspecified atom stereocenters. The summed E-state index contributed by atoms with van der Waals surface area (Å²) in [6.07, 6.45) is 1.30. The van der Waals surface area contributed by atoms with Crippen LogP contribution < -0.4 is 4.74 Å². The fourth-order valence-electron chi connectivity index (χ4n) is 1.38. The van der Waals surface area contributed by atoms with Crippen LogP contribution in [0.3, 0.4) is 0 Å². The Morgan fingerprint density at radius 3 is 2.29 bits per heavy atom. The van der Waals surface area contributed by atoms with Crippen molar-refractivity contribution in [3.05, 3.63) is 29.3 Å². The minimum atomic E-state index is -0.155. The monoisotopic (exact) mass is 192 g/mol. The van der Waals surface area contributed by atoms with E-state index < -0.39 is 0 Å². The highest BCUT2D eigenvalue weighted by Gasteiger charge is 2.03. The Bertz CT molecular complexity index is 309. The van der Waals surface area contributed by atoms with Crippen LogP contribution in [0.5, 0.6) is 5.75 Å². The number of hydrogen-bond donors (Lipinski definition) is 0. The normalized spacial score (nSPS) is 9.93. The van der Waals surface area contributed by atoms with E-state index in [4.69, 9.17) is 4.74 Å². The number of ether oxygens (including phenoxy) is 1. The Labute approximate surface area is 84.9 Å². The van der Waals surface area contributed by atoms with Gasteiger partial charge in [0.05, 0.1) is 0 Å². The predicted octanol–water partition coefficient (Wildman–Crippen LogP) is 3.01. The Morgan fingerprint density at radius 2 is 1.79 bits per heavy atom. The molecule has 0 heterocycles. The molecule has 1 rings (SSSR count). The van der Waals surface area contributed by atoms with Crippen LogP contribution >= 0.6 is 0 Å². The molecule has 0 aliphatic rings. The maximum atomic E-state index is 11.2. The average Bonchev–Trinajstić information content (AvgIpc) is 2.01. The van der Waals surface area contributed by atoms with Gasteiger partial charge in [0.2, 0.25) is 0 Å². The summed E-state index contributed by atoms with van der Waals surface area (Å²) in [4.78, 5) is 11.2. The van der Waals surface area contributed by atoms with Gasteiger partial charge in [-0.2, -0.15) is 0 Å². The second-order valence-corrected chi connectivity index (χ2v) is 3.55. The van der Waals surface area contributed by atoms with E-state index in [-0.39, 0.29) is 5.97 Å². The molecule has 1 aromatic carbocycles. The number of carbonyl (C=O) groups is 1. The maximum Gasteiger partial charge on any atom is 0.311 e. The first-order valence-corrected chi connectivity index (χ1v) is 4.91. The van der Waals surface area contributed by atoms with Gasteiger partial charge in [-0.1, -0.05) is 13.0 Å². The number of rotatable bonds is 3. The second kappa shape index (κ2) is 4.80. The van der Waals surface area contributed by atoms with Gasteiger partial charge in [0.1, 0.15) is 5.75 Å². The molecule has 1 aromatic rings. The third-order valence-corrected chi connectivity index (χ3v) is 1.88. The Balaban J connectivity index is 2.71. The largest absolute Gasteiger partial charge is 0.427 e. The predicted molar refractivity (Wildman–Crippen MR) is 56.5 cm³/mol. The molecule has 0 N–H and O–H groups in total. The Hall–Kier alpha value is -1.31. The van der Waals surface area contributed by atoms with Gasteiger partial charge in [0.25, 0.3) is 0 Å². The lowest BCUT2D eigenvalue weighted by atomic mass is 10.1. The lowest BCUT2D eigenvalue weighted by Gasteiger charge is -2.05. The Kier molecular flexibility index (Phi) is 3.69. The van der Waals surface area contributed by atoms with E-state index in [1.807, 2.05) is 32.9 Å². The third-order valence-electron chi connectivity index (χ3n) is 1.88. The maximum absolute atomic E-state index is 11.2. The highest BCUT2D eigenvalue weighted by Crippen LogP contribution is 2.16. The van der Waals surface area contributed by atoms with E-state index in [0.717, 1.165) is 17.5 Å². The lowest BCUT2D eigenvalue weighted by molar-refractivity contribution is -0.134. The summed E-state index contributed by atoms with van der Waals surface area (Å²) in [5, 5.41) is 0. The Morgan fingerprint density at radius 1 is 1.21 bits per heavy atom. The molecule has 2 nitrogen and oxygen atoms in total. The van der Waals surface area contributed by atoms with Crippen molar-refractivity contribution in [2.45, 2.75) is 33.6 Å². The first-order chi connectivity index (χ1) is 6.61. The van der Waals surface area contributed by atoms with E-state index in [9.17, 15) is 4.79 Å². The van der Waals surface area contributed by atoms with Gasteiger partial charge >= 0.3 is 5.97 Å². The van der Waals surface area contributed by atoms with Crippen molar-refractivity contribution < 1.29 is 9.53 Å². The highest BCUT2D eigenvalue weighted by atomic mass is 16.5. The van der Waals surface area contributed by atoms with Gasteiger partial charge in [-0.3, -0.25) is 4.79 Å². The number of benzene rings is 1. The number of carbonyl (C=O) groups excluding carboxylic acids is 1. The van der Waals surface area contributed by atoms with E-state index in [0.29, 0.717) is 12.2 Å². The second-order valence-electron chi connectivity index (χ2n) is 3.55. The van der Waals surface area contributed by atoms with Crippen molar-refractivity contribution >= 4 is 5.97 Å². The molecule has 0 radical (unpaired) electrons. The molecule has 0 aliphatic carbocycles. The zero-order chi connectivity index (χ0) is 10.6. The summed E-state index contributed by atoms with van der Waals surface area (Å²) >= 11 is 0. The highest BCUT2D eigenvalue weighted by molar-refractivity contribution is 5.72. The molecule has 76 valence electrons. The van der Waals surface area contributed by atoms with Gasteiger partial charge in [-0.25, -0.2) is 0 Å². The summed E-state index contributed by atoms with van der Waals surface area (Å²) < 4.78 is 5.18. The van der Waals surface area contributed by atoms with Crippen LogP contribution in [0, 0.1) is 13.8 Å². The molecule has 0 atom stereocenters. The van der Waals surface area contributed by atoms with Gasteiger partial charge in [-0.05, 0) is 43.5 Å². The molecule has 0 bridgehead atoms. The van der Waals surface area contributed by atoms with Gasteiger partial charge in [0, 0.05) is 6.42 Å². The van der Waals surface area contributed by atoms with E-state index in [1.54, 1.807) is 0 Å². The van der Waals surface area contributed by atoms with Crippen LogP contribution in [0.2, 0.25) is 0 Å². The van der Waals surface area contributed by atoms with E-state index in [1.165, 1.54) is 0 Å². The zero-order valence-electron chi connectivity index (χ0n) is 8.96. The molecule has 0 saturated carbocycles. The van der Waals surface area contributed by atoms with Gasteiger partial charge < -0.3 is 4.74 Å². The molecule has 0 spiro atoms. The van der Waals surface area contributed by atoms with Crippen LogP contribution in [0.1, 0.15) is 30.9 Å². The standard InChI is InChI=1S/C12H16O2/c1-4-5-12(13)14-11-7-9(2)6-10(3)8-11/h6-8H,4-5H2,1-3H3. The van der Waals surface area contributed by atoms with Gasteiger partial charge in [-0.15, -0.1) is 0 Å². The minimum Gasteiger partial charge on any atom is -0.427 e. The van der Waals surface area contributed by atoms with Crippen LogP contribution in [0.15, 0.2) is 18.2 Å². The van der Waals surface area contributed by atoms with Gasteiger partial charge in [0.15, 0.2) is 0 Å². The number of hydrogen-bond acceptors (Lipinski definition) is 2. The molecule has 14 heavy (non-hydrogen) atoms. The van der Waals surface area contributed by atoms with Crippen LogP contribution in [0.25, 0.3) is 0 Å². The minimum absolute atomic E-state index is 0.155. The van der Waals surface area contributed by atoms with Crippen molar-refractivity contribution in [2.24, 2.45) is 0 Å². The summed E-state index contributed by atoms with van der Waals surface area (Å²) in [5.74, 6) is 0.499. The number of esters is 1. The summed E-state index contributed by atoms with van der Waals surface area (Å²) in [6, 6.07) is 5.80. The first kappa shape index (κ1) is 10.8. The topological polar surface area (TPSA) is 26.3 Å². The molecular formula is C12H16O2. The third kappa shape index (κ3) is 3.21. The molecule has 0 saturated heterocycles. The quantitative estimate of drug-likeness (QED) is 0.543.